The van der Waals surface area contributed by atoms with Gasteiger partial charge in [0, 0.05) is 23.9 Å². The molecule has 1 amide bonds. The minimum Gasteiger partial charge on any atom is -0.481 e. The van der Waals surface area contributed by atoms with Gasteiger partial charge in [-0.1, -0.05) is 54.6 Å². The Bertz CT molecular complexity index is 1360. The molecule has 0 aliphatic carbocycles. The third-order valence-corrected chi connectivity index (χ3v) is 5.83. The standard InChI is InChI=1S/C29H26FNO4/c1-2-31(26-14-7-10-20-9-3-4-12-23(20)26)29(34)24-19-22(35-27-15-6-5-13-25(27)30)18-17-21(24)11-8-16-28(32)33/h3-7,9-10,12-15,17-19H,2,8,11,16H2,1H3,(H,32,33). The molecular formula is C29H26FNO4. The first-order valence-corrected chi connectivity index (χ1v) is 11.5. The summed E-state index contributed by atoms with van der Waals surface area (Å²) in [6, 6.07) is 24.8. The lowest BCUT2D eigenvalue weighted by atomic mass is 9.99. The van der Waals surface area contributed by atoms with E-state index in [4.69, 9.17) is 9.84 Å². The number of amides is 1. The third kappa shape index (κ3) is 5.49. The number of ether oxygens (including phenoxy) is 1. The van der Waals surface area contributed by atoms with Crippen LogP contribution in [-0.2, 0) is 11.2 Å². The Morgan fingerprint density at radius 3 is 2.46 bits per heavy atom. The second kappa shape index (κ2) is 10.8. The summed E-state index contributed by atoms with van der Waals surface area (Å²) < 4.78 is 19.9. The van der Waals surface area contributed by atoms with Crippen molar-refractivity contribution in [3.63, 3.8) is 0 Å². The maximum absolute atomic E-state index is 14.2. The predicted octanol–water partition coefficient (Wildman–Crippen LogP) is 6.85. The highest BCUT2D eigenvalue weighted by Crippen LogP contribution is 2.31. The third-order valence-electron chi connectivity index (χ3n) is 5.83. The Hall–Kier alpha value is -4.19. The number of hydrogen-bond donors (Lipinski definition) is 1. The number of benzene rings is 4. The van der Waals surface area contributed by atoms with E-state index in [9.17, 15) is 14.0 Å². The number of nitrogens with zero attached hydrogens (tertiary/aromatic N) is 1. The van der Waals surface area contributed by atoms with Crippen molar-refractivity contribution in [3.05, 3.63) is 102 Å². The van der Waals surface area contributed by atoms with E-state index in [1.54, 1.807) is 35.2 Å². The minimum atomic E-state index is -0.886. The number of fused-ring (bicyclic) bond motifs is 1. The highest BCUT2D eigenvalue weighted by Gasteiger charge is 2.22. The Morgan fingerprint density at radius 1 is 0.943 bits per heavy atom. The summed E-state index contributed by atoms with van der Waals surface area (Å²) >= 11 is 0. The Labute approximate surface area is 203 Å². The fourth-order valence-corrected chi connectivity index (χ4v) is 4.13. The molecule has 5 nitrogen and oxygen atoms in total. The summed E-state index contributed by atoms with van der Waals surface area (Å²) in [4.78, 5) is 26.6. The van der Waals surface area contributed by atoms with E-state index in [0.717, 1.165) is 22.0 Å². The molecule has 0 spiro atoms. The molecule has 35 heavy (non-hydrogen) atoms. The van der Waals surface area contributed by atoms with Crippen LogP contribution in [0, 0.1) is 5.82 Å². The molecular weight excluding hydrogens is 445 g/mol. The van der Waals surface area contributed by atoms with Gasteiger partial charge in [-0.05, 0) is 61.0 Å². The highest BCUT2D eigenvalue weighted by atomic mass is 19.1. The number of carboxylic acid groups (broad SMARTS) is 1. The van der Waals surface area contributed by atoms with Gasteiger partial charge in [-0.3, -0.25) is 9.59 Å². The number of carboxylic acids is 1. The number of rotatable bonds is 9. The zero-order valence-electron chi connectivity index (χ0n) is 19.4. The molecule has 4 aromatic carbocycles. The molecule has 4 rings (SSSR count). The van der Waals surface area contributed by atoms with E-state index in [2.05, 4.69) is 0 Å². The van der Waals surface area contributed by atoms with Crippen LogP contribution in [0.15, 0.2) is 84.9 Å². The lowest BCUT2D eigenvalue weighted by Crippen LogP contribution is -2.31. The van der Waals surface area contributed by atoms with Crippen LogP contribution in [-0.4, -0.2) is 23.5 Å². The summed E-state index contributed by atoms with van der Waals surface area (Å²) in [7, 11) is 0. The van der Waals surface area contributed by atoms with Crippen LogP contribution in [0.5, 0.6) is 11.5 Å². The van der Waals surface area contributed by atoms with E-state index in [-0.39, 0.29) is 18.1 Å². The Morgan fingerprint density at radius 2 is 1.69 bits per heavy atom. The first kappa shape index (κ1) is 24.0. The van der Waals surface area contributed by atoms with Crippen molar-refractivity contribution in [2.24, 2.45) is 0 Å². The summed E-state index contributed by atoms with van der Waals surface area (Å²) in [5.41, 5.74) is 1.90. The van der Waals surface area contributed by atoms with Crippen LogP contribution < -0.4 is 9.64 Å². The van der Waals surface area contributed by atoms with Crippen LogP contribution in [0.25, 0.3) is 10.8 Å². The van der Waals surface area contributed by atoms with Crippen LogP contribution in [0.1, 0.15) is 35.7 Å². The molecule has 0 radical (unpaired) electrons. The van der Waals surface area contributed by atoms with Gasteiger partial charge in [0.25, 0.3) is 5.91 Å². The van der Waals surface area contributed by atoms with Crippen LogP contribution in [0.4, 0.5) is 10.1 Å². The second-order valence-corrected chi connectivity index (χ2v) is 8.15. The average molecular weight is 472 g/mol. The molecule has 0 saturated carbocycles. The zero-order valence-corrected chi connectivity index (χ0v) is 19.4. The molecule has 0 unspecified atom stereocenters. The number of para-hydroxylation sites is 1. The molecule has 4 aromatic rings. The van der Waals surface area contributed by atoms with E-state index in [1.165, 1.54) is 12.1 Å². The van der Waals surface area contributed by atoms with Gasteiger partial charge in [0.1, 0.15) is 5.75 Å². The number of anilines is 1. The second-order valence-electron chi connectivity index (χ2n) is 8.15. The van der Waals surface area contributed by atoms with Gasteiger partial charge in [0.2, 0.25) is 0 Å². The van der Waals surface area contributed by atoms with E-state index >= 15 is 0 Å². The van der Waals surface area contributed by atoms with E-state index < -0.39 is 11.8 Å². The van der Waals surface area contributed by atoms with Crippen molar-refractivity contribution in [3.8, 4) is 11.5 Å². The quantitative estimate of drug-likeness (QED) is 0.290. The number of aliphatic carboxylic acids is 1. The van der Waals surface area contributed by atoms with Gasteiger partial charge in [-0.25, -0.2) is 4.39 Å². The fourth-order valence-electron chi connectivity index (χ4n) is 4.13. The number of aryl methyl sites for hydroxylation is 1. The Kier molecular flexibility index (Phi) is 7.41. The van der Waals surface area contributed by atoms with Gasteiger partial charge in [-0.15, -0.1) is 0 Å². The Balaban J connectivity index is 1.74. The van der Waals surface area contributed by atoms with Gasteiger partial charge >= 0.3 is 5.97 Å². The number of carbonyl (C=O) groups excluding carboxylic acids is 1. The number of halogens is 1. The summed E-state index contributed by atoms with van der Waals surface area (Å²) in [6.45, 7) is 2.34. The van der Waals surface area contributed by atoms with Crippen molar-refractivity contribution in [2.45, 2.75) is 26.2 Å². The molecule has 6 heteroatoms. The number of carbonyl (C=O) groups is 2. The monoisotopic (exact) mass is 471 g/mol. The SMILES string of the molecule is CCN(C(=O)c1cc(Oc2ccccc2F)ccc1CCCC(=O)O)c1cccc2ccccc12. The number of hydrogen-bond acceptors (Lipinski definition) is 3. The van der Waals surface area contributed by atoms with Crippen molar-refractivity contribution in [1.82, 2.24) is 0 Å². The van der Waals surface area contributed by atoms with Gasteiger partial charge in [-0.2, -0.15) is 0 Å². The van der Waals surface area contributed by atoms with Crippen molar-refractivity contribution in [2.75, 3.05) is 11.4 Å². The maximum Gasteiger partial charge on any atom is 0.303 e. The summed E-state index contributed by atoms with van der Waals surface area (Å²) in [5, 5.41) is 11.0. The summed E-state index contributed by atoms with van der Waals surface area (Å²) in [5.74, 6) is -1.23. The molecule has 0 aliphatic rings. The van der Waals surface area contributed by atoms with Crippen LogP contribution in [0.2, 0.25) is 0 Å². The molecule has 0 aliphatic heterocycles. The molecule has 0 saturated heterocycles. The van der Waals surface area contributed by atoms with Crippen molar-refractivity contribution in [1.29, 1.82) is 0 Å². The molecule has 0 atom stereocenters. The molecule has 0 fully saturated rings. The van der Waals surface area contributed by atoms with Gasteiger partial charge in [0.15, 0.2) is 11.6 Å². The molecule has 178 valence electrons. The van der Waals surface area contributed by atoms with Crippen molar-refractivity contribution < 1.29 is 23.8 Å². The maximum atomic E-state index is 14.2. The largest absolute Gasteiger partial charge is 0.481 e. The molecule has 0 heterocycles. The fraction of sp³-hybridized carbons (Fsp3) is 0.172. The molecule has 1 N–H and O–H groups in total. The molecule has 0 aromatic heterocycles. The predicted molar refractivity (Wildman–Crippen MR) is 135 cm³/mol. The smallest absolute Gasteiger partial charge is 0.303 e. The van der Waals surface area contributed by atoms with E-state index in [0.29, 0.717) is 30.7 Å². The molecule has 0 bridgehead atoms. The zero-order chi connectivity index (χ0) is 24.8. The van der Waals surface area contributed by atoms with Gasteiger partial charge < -0.3 is 14.7 Å². The van der Waals surface area contributed by atoms with Crippen LogP contribution >= 0.6 is 0 Å². The van der Waals surface area contributed by atoms with Crippen molar-refractivity contribution >= 4 is 28.3 Å². The average Bonchev–Trinajstić information content (AvgIpc) is 2.86. The first-order chi connectivity index (χ1) is 17.0. The summed E-state index contributed by atoms with van der Waals surface area (Å²) in [6.07, 6.45) is 0.811. The lowest BCUT2D eigenvalue weighted by Gasteiger charge is -2.24. The van der Waals surface area contributed by atoms with E-state index in [1.807, 2.05) is 49.4 Å². The lowest BCUT2D eigenvalue weighted by molar-refractivity contribution is -0.137. The van der Waals surface area contributed by atoms with Crippen LogP contribution in [0.3, 0.4) is 0 Å². The topological polar surface area (TPSA) is 66.8 Å². The van der Waals surface area contributed by atoms with Gasteiger partial charge in [0.05, 0.1) is 5.69 Å². The minimum absolute atomic E-state index is 0.00191. The first-order valence-electron chi connectivity index (χ1n) is 11.5. The normalized spacial score (nSPS) is 10.8. The highest BCUT2D eigenvalue weighted by molar-refractivity contribution is 6.11.